The zero-order valence-corrected chi connectivity index (χ0v) is 15.5. The number of sulfonamides is 1. The molecule has 0 aliphatic rings. The van der Waals surface area contributed by atoms with E-state index < -0.39 is 28.6 Å². The summed E-state index contributed by atoms with van der Waals surface area (Å²) in [5, 5.41) is 0. The summed E-state index contributed by atoms with van der Waals surface area (Å²) in [6.07, 6.45) is 2.12. The van der Waals surface area contributed by atoms with Crippen molar-refractivity contribution in [3.05, 3.63) is 30.3 Å². The Morgan fingerprint density at radius 1 is 1.25 bits per heavy atom. The average Bonchev–Trinajstić information content (AvgIpc) is 2.56. The molecule has 0 aliphatic heterocycles. The van der Waals surface area contributed by atoms with Crippen LogP contribution in [-0.2, 0) is 24.3 Å². The van der Waals surface area contributed by atoms with Crippen LogP contribution in [0.3, 0.4) is 0 Å². The smallest absolute Gasteiger partial charge is 0.324 e. The predicted molar refractivity (Wildman–Crippen MR) is 93.2 cm³/mol. The lowest BCUT2D eigenvalue weighted by Crippen LogP contribution is -2.43. The van der Waals surface area contributed by atoms with Crippen LogP contribution in [0.4, 0.5) is 0 Å². The summed E-state index contributed by atoms with van der Waals surface area (Å²) in [4.78, 5) is 25.0. The SMILES string of the molecule is CSCC[C@@H](NS(=O)(=O)c1ccccc1)C(=O)OCC(=O)N(C)C. The van der Waals surface area contributed by atoms with E-state index in [9.17, 15) is 18.0 Å². The van der Waals surface area contributed by atoms with Crippen molar-refractivity contribution in [2.24, 2.45) is 0 Å². The fraction of sp³-hybridized carbons (Fsp3) is 0.467. The van der Waals surface area contributed by atoms with Gasteiger partial charge in [-0.05, 0) is 30.6 Å². The first-order valence-corrected chi connectivity index (χ1v) is 10.1. The molecule has 0 saturated heterocycles. The van der Waals surface area contributed by atoms with E-state index in [1.54, 1.807) is 32.3 Å². The van der Waals surface area contributed by atoms with Gasteiger partial charge in [-0.25, -0.2) is 8.42 Å². The molecule has 0 aliphatic carbocycles. The molecule has 7 nitrogen and oxygen atoms in total. The van der Waals surface area contributed by atoms with Crippen LogP contribution < -0.4 is 4.72 Å². The van der Waals surface area contributed by atoms with Gasteiger partial charge in [-0.3, -0.25) is 9.59 Å². The number of esters is 1. The van der Waals surface area contributed by atoms with Gasteiger partial charge in [0.1, 0.15) is 6.04 Å². The van der Waals surface area contributed by atoms with Crippen LogP contribution in [0.2, 0.25) is 0 Å². The molecule has 1 amide bonds. The average molecular weight is 374 g/mol. The fourth-order valence-corrected chi connectivity index (χ4v) is 3.39. The fourth-order valence-electron chi connectivity index (χ4n) is 1.68. The van der Waals surface area contributed by atoms with Gasteiger partial charge in [-0.15, -0.1) is 0 Å². The third-order valence-electron chi connectivity index (χ3n) is 3.08. The topological polar surface area (TPSA) is 92.8 Å². The molecule has 1 aromatic carbocycles. The molecule has 0 saturated carbocycles. The van der Waals surface area contributed by atoms with E-state index in [4.69, 9.17) is 4.74 Å². The molecular weight excluding hydrogens is 352 g/mol. The number of nitrogens with one attached hydrogen (secondary N) is 1. The first-order valence-electron chi connectivity index (χ1n) is 7.21. The number of carbonyl (C=O) groups is 2. The molecule has 1 N–H and O–H groups in total. The third-order valence-corrected chi connectivity index (χ3v) is 5.21. The Kier molecular flexibility index (Phi) is 8.23. The highest BCUT2D eigenvalue weighted by Crippen LogP contribution is 2.11. The number of amides is 1. The minimum Gasteiger partial charge on any atom is -0.454 e. The predicted octanol–water partition coefficient (Wildman–Crippen LogP) is 0.718. The Morgan fingerprint density at radius 3 is 2.42 bits per heavy atom. The number of likely N-dealkylation sites (N-methyl/N-ethyl adjacent to an activating group) is 1. The van der Waals surface area contributed by atoms with Crippen molar-refractivity contribution in [3.63, 3.8) is 0 Å². The second-order valence-electron chi connectivity index (χ2n) is 5.16. The number of benzene rings is 1. The maximum atomic E-state index is 12.4. The minimum atomic E-state index is -3.85. The van der Waals surface area contributed by atoms with Gasteiger partial charge in [0.05, 0.1) is 4.90 Å². The molecule has 134 valence electrons. The van der Waals surface area contributed by atoms with Gasteiger partial charge >= 0.3 is 5.97 Å². The molecule has 0 radical (unpaired) electrons. The molecule has 0 fully saturated rings. The monoisotopic (exact) mass is 374 g/mol. The quantitative estimate of drug-likeness (QED) is 0.640. The highest BCUT2D eigenvalue weighted by atomic mass is 32.2. The first kappa shape index (κ1) is 20.5. The van der Waals surface area contributed by atoms with Crippen molar-refractivity contribution in [1.82, 2.24) is 9.62 Å². The molecule has 24 heavy (non-hydrogen) atoms. The number of nitrogens with zero attached hydrogens (tertiary/aromatic N) is 1. The second-order valence-corrected chi connectivity index (χ2v) is 7.86. The van der Waals surface area contributed by atoms with Gasteiger partial charge in [0.25, 0.3) is 5.91 Å². The van der Waals surface area contributed by atoms with Gasteiger partial charge in [0.2, 0.25) is 10.0 Å². The van der Waals surface area contributed by atoms with Crippen molar-refractivity contribution < 1.29 is 22.7 Å². The normalized spacial score (nSPS) is 12.5. The number of rotatable bonds is 9. The van der Waals surface area contributed by atoms with Gasteiger partial charge < -0.3 is 9.64 Å². The van der Waals surface area contributed by atoms with E-state index in [-0.39, 0.29) is 17.2 Å². The van der Waals surface area contributed by atoms with Crippen LogP contribution in [0.15, 0.2) is 35.2 Å². The minimum absolute atomic E-state index is 0.0660. The third kappa shape index (κ3) is 6.50. The zero-order valence-electron chi connectivity index (χ0n) is 13.9. The lowest BCUT2D eigenvalue weighted by atomic mass is 10.2. The van der Waals surface area contributed by atoms with Crippen molar-refractivity contribution in [2.75, 3.05) is 32.7 Å². The van der Waals surface area contributed by atoms with E-state index in [2.05, 4.69) is 4.72 Å². The molecule has 9 heteroatoms. The van der Waals surface area contributed by atoms with Crippen LogP contribution in [-0.4, -0.2) is 63.9 Å². The number of hydrogen-bond donors (Lipinski definition) is 1. The Balaban J connectivity index is 2.81. The van der Waals surface area contributed by atoms with Gasteiger partial charge in [-0.1, -0.05) is 18.2 Å². The lowest BCUT2D eigenvalue weighted by Gasteiger charge is -2.18. The van der Waals surface area contributed by atoms with Crippen molar-refractivity contribution in [2.45, 2.75) is 17.4 Å². The van der Waals surface area contributed by atoms with Gasteiger partial charge in [0.15, 0.2) is 6.61 Å². The maximum absolute atomic E-state index is 12.4. The van der Waals surface area contributed by atoms with Crippen LogP contribution in [0.1, 0.15) is 6.42 Å². The summed E-state index contributed by atoms with van der Waals surface area (Å²) in [6.45, 7) is -0.422. The molecule has 1 atom stereocenters. The molecule has 0 spiro atoms. The number of hydrogen-bond acceptors (Lipinski definition) is 6. The summed E-state index contributed by atoms with van der Waals surface area (Å²) in [7, 11) is -0.763. The molecule has 0 bridgehead atoms. The zero-order chi connectivity index (χ0) is 18.2. The standard InChI is InChI=1S/C15H22N2O5S2/c1-17(2)14(18)11-22-15(19)13(9-10-23-3)16-24(20,21)12-7-5-4-6-8-12/h4-8,13,16H,9-11H2,1-3H3/t13-/m1/s1. The largest absolute Gasteiger partial charge is 0.454 e. The van der Waals surface area contributed by atoms with Crippen LogP contribution >= 0.6 is 11.8 Å². The maximum Gasteiger partial charge on any atom is 0.324 e. The summed E-state index contributed by atoms with van der Waals surface area (Å²) >= 11 is 1.48. The van der Waals surface area contributed by atoms with Gasteiger partial charge in [-0.2, -0.15) is 16.5 Å². The van der Waals surface area contributed by atoms with Crippen molar-refractivity contribution in [1.29, 1.82) is 0 Å². The Morgan fingerprint density at radius 2 is 1.88 bits per heavy atom. The Labute approximate surface area is 146 Å². The van der Waals surface area contributed by atoms with Crippen LogP contribution in [0.25, 0.3) is 0 Å². The lowest BCUT2D eigenvalue weighted by molar-refractivity contribution is -0.152. The van der Waals surface area contributed by atoms with Crippen LogP contribution in [0.5, 0.6) is 0 Å². The number of carbonyl (C=O) groups excluding carboxylic acids is 2. The first-order chi connectivity index (χ1) is 11.3. The van der Waals surface area contributed by atoms with E-state index >= 15 is 0 Å². The van der Waals surface area contributed by atoms with E-state index in [1.807, 2.05) is 6.26 Å². The van der Waals surface area contributed by atoms with Gasteiger partial charge in [0, 0.05) is 14.1 Å². The second kappa shape index (κ2) is 9.65. The molecular formula is C15H22N2O5S2. The number of ether oxygens (including phenoxy) is 1. The highest BCUT2D eigenvalue weighted by molar-refractivity contribution is 7.98. The highest BCUT2D eigenvalue weighted by Gasteiger charge is 2.27. The van der Waals surface area contributed by atoms with Crippen LogP contribution in [0, 0.1) is 0 Å². The van der Waals surface area contributed by atoms with Crippen molar-refractivity contribution >= 4 is 33.7 Å². The summed E-state index contributed by atoms with van der Waals surface area (Å²) in [5.74, 6) is -0.574. The molecule has 0 heterocycles. The van der Waals surface area contributed by atoms with Crippen molar-refractivity contribution in [3.8, 4) is 0 Å². The summed E-state index contributed by atoms with van der Waals surface area (Å²) in [5.41, 5.74) is 0. The van der Waals surface area contributed by atoms with E-state index in [0.717, 1.165) is 0 Å². The van der Waals surface area contributed by atoms with E-state index in [0.29, 0.717) is 5.75 Å². The molecule has 1 rings (SSSR count). The Hall–Kier alpha value is -1.58. The van der Waals surface area contributed by atoms with E-state index in [1.165, 1.54) is 28.8 Å². The molecule has 1 aromatic rings. The summed E-state index contributed by atoms with van der Waals surface area (Å²) in [6, 6.07) is 6.73. The molecule has 0 aromatic heterocycles. The Bertz CT molecular complexity index is 647. The summed E-state index contributed by atoms with van der Waals surface area (Å²) < 4.78 is 32.0. The number of thioether (sulfide) groups is 1. The molecule has 0 unspecified atom stereocenters.